The van der Waals surface area contributed by atoms with E-state index in [1.54, 1.807) is 0 Å². The Morgan fingerprint density at radius 1 is 1.45 bits per heavy atom. The average molecular weight is 271 g/mol. The van der Waals surface area contributed by atoms with Crippen LogP contribution in [0.4, 0.5) is 0 Å². The van der Waals surface area contributed by atoms with Crippen LogP contribution >= 0.6 is 0 Å². The topological polar surface area (TPSA) is 70.9 Å². The third kappa shape index (κ3) is 2.70. The number of carbonyl (C=O) groups excluding carboxylic acids is 1. The van der Waals surface area contributed by atoms with Crippen LogP contribution in [-0.4, -0.2) is 23.5 Å². The Bertz CT molecular complexity index is 627. The van der Waals surface area contributed by atoms with Crippen molar-refractivity contribution in [1.29, 1.82) is 0 Å². The molecule has 1 aliphatic carbocycles. The molecule has 1 unspecified atom stereocenters. The van der Waals surface area contributed by atoms with E-state index in [0.717, 1.165) is 23.0 Å². The second-order valence-corrected chi connectivity index (χ2v) is 6.20. The second-order valence-electron chi connectivity index (χ2n) is 6.20. The fraction of sp³-hybridized carbons (Fsp3) is 0.438. The van der Waals surface area contributed by atoms with Gasteiger partial charge in [0.15, 0.2) is 0 Å². The number of hydrogen-bond donors (Lipinski definition) is 3. The first-order valence-corrected chi connectivity index (χ1v) is 7.16. The Balaban J connectivity index is 1.63. The van der Waals surface area contributed by atoms with Crippen molar-refractivity contribution in [2.24, 2.45) is 11.1 Å². The summed E-state index contributed by atoms with van der Waals surface area (Å²) in [6.45, 7) is 2.94. The summed E-state index contributed by atoms with van der Waals surface area (Å²) in [5.41, 5.74) is 8.52. The predicted molar refractivity (Wildman–Crippen MR) is 80.3 cm³/mol. The summed E-state index contributed by atoms with van der Waals surface area (Å²) in [5.74, 6) is -0.0524. The minimum atomic E-state index is -0.489. The molecule has 106 valence electrons. The van der Waals surface area contributed by atoms with Gasteiger partial charge in [0, 0.05) is 23.6 Å². The van der Waals surface area contributed by atoms with Gasteiger partial charge < -0.3 is 16.0 Å². The zero-order chi connectivity index (χ0) is 14.2. The number of hydrogen-bond acceptors (Lipinski definition) is 2. The smallest absolute Gasteiger partial charge is 0.237 e. The van der Waals surface area contributed by atoms with Crippen molar-refractivity contribution in [2.45, 2.75) is 32.2 Å². The van der Waals surface area contributed by atoms with Gasteiger partial charge in [0.2, 0.25) is 5.91 Å². The van der Waals surface area contributed by atoms with Gasteiger partial charge in [-0.15, -0.1) is 0 Å². The van der Waals surface area contributed by atoms with Crippen LogP contribution in [0, 0.1) is 5.41 Å². The molecule has 0 spiro atoms. The molecule has 1 aromatic carbocycles. The summed E-state index contributed by atoms with van der Waals surface area (Å²) in [7, 11) is 0. The molecular weight excluding hydrogens is 250 g/mol. The number of carbonyl (C=O) groups is 1. The molecular formula is C16H21N3O. The zero-order valence-electron chi connectivity index (χ0n) is 11.8. The van der Waals surface area contributed by atoms with Crippen molar-refractivity contribution in [3.63, 3.8) is 0 Å². The lowest BCUT2D eigenvalue weighted by atomic mass is 10.0. The minimum absolute atomic E-state index is 0.0524. The van der Waals surface area contributed by atoms with Crippen molar-refractivity contribution in [2.75, 3.05) is 6.54 Å². The van der Waals surface area contributed by atoms with Gasteiger partial charge in [-0.3, -0.25) is 4.79 Å². The predicted octanol–water partition coefficient (Wildman–Crippen LogP) is 1.95. The summed E-state index contributed by atoms with van der Waals surface area (Å²) in [5, 5.41) is 4.11. The van der Waals surface area contributed by atoms with E-state index in [4.69, 9.17) is 5.73 Å². The molecule has 2 aromatic rings. The third-order valence-electron chi connectivity index (χ3n) is 4.24. The maximum Gasteiger partial charge on any atom is 0.237 e. The Labute approximate surface area is 118 Å². The van der Waals surface area contributed by atoms with Crippen LogP contribution in [0.3, 0.4) is 0 Å². The van der Waals surface area contributed by atoms with Crippen LogP contribution in [0.1, 0.15) is 25.3 Å². The van der Waals surface area contributed by atoms with Gasteiger partial charge in [-0.1, -0.05) is 25.1 Å². The fourth-order valence-electron chi connectivity index (χ4n) is 2.45. The summed E-state index contributed by atoms with van der Waals surface area (Å²) >= 11 is 0. The molecule has 1 aliphatic rings. The summed E-state index contributed by atoms with van der Waals surface area (Å²) in [6.07, 6.45) is 4.91. The molecule has 4 nitrogen and oxygen atoms in total. The average Bonchev–Trinajstić information content (AvgIpc) is 3.06. The summed E-state index contributed by atoms with van der Waals surface area (Å²) in [6, 6.07) is 7.58. The monoisotopic (exact) mass is 271 g/mol. The largest absolute Gasteiger partial charge is 0.361 e. The minimum Gasteiger partial charge on any atom is -0.361 e. The molecule has 1 fully saturated rings. The van der Waals surface area contributed by atoms with Crippen LogP contribution in [0.2, 0.25) is 0 Å². The van der Waals surface area contributed by atoms with Crippen molar-refractivity contribution >= 4 is 16.8 Å². The number of aromatic amines is 1. The van der Waals surface area contributed by atoms with E-state index in [-0.39, 0.29) is 5.91 Å². The van der Waals surface area contributed by atoms with Gasteiger partial charge in [0.25, 0.3) is 0 Å². The van der Waals surface area contributed by atoms with Crippen molar-refractivity contribution in [3.8, 4) is 0 Å². The molecule has 4 heteroatoms. The normalized spacial score (nSPS) is 17.9. The number of benzene rings is 1. The highest BCUT2D eigenvalue weighted by atomic mass is 16.2. The van der Waals surface area contributed by atoms with Gasteiger partial charge in [-0.2, -0.15) is 0 Å². The number of nitrogens with two attached hydrogens (primary N) is 1. The zero-order valence-corrected chi connectivity index (χ0v) is 11.8. The van der Waals surface area contributed by atoms with E-state index in [9.17, 15) is 4.79 Å². The van der Waals surface area contributed by atoms with Crippen LogP contribution in [0.5, 0.6) is 0 Å². The standard InChI is InChI=1S/C16H21N3O/c1-16(6-7-16)10-19-15(20)13(17)8-11-9-18-14-5-3-2-4-12(11)14/h2-5,9,13,18H,6-8,10,17H2,1H3,(H,19,20). The molecule has 0 radical (unpaired) electrons. The SMILES string of the molecule is CC1(CNC(=O)C(N)Cc2c[nH]c3ccccc23)CC1. The molecule has 1 amide bonds. The van der Waals surface area contributed by atoms with Crippen molar-refractivity contribution in [1.82, 2.24) is 10.3 Å². The highest BCUT2D eigenvalue weighted by molar-refractivity contribution is 5.86. The maximum atomic E-state index is 12.0. The van der Waals surface area contributed by atoms with Crippen LogP contribution in [-0.2, 0) is 11.2 Å². The van der Waals surface area contributed by atoms with Gasteiger partial charge in [0.1, 0.15) is 0 Å². The lowest BCUT2D eigenvalue weighted by Crippen LogP contribution is -2.43. The lowest BCUT2D eigenvalue weighted by molar-refractivity contribution is -0.122. The first kappa shape index (κ1) is 13.2. The van der Waals surface area contributed by atoms with E-state index >= 15 is 0 Å². The second kappa shape index (κ2) is 4.94. The molecule has 20 heavy (non-hydrogen) atoms. The molecule has 1 atom stereocenters. The van der Waals surface area contributed by atoms with Gasteiger partial charge >= 0.3 is 0 Å². The molecule has 1 heterocycles. The van der Waals surface area contributed by atoms with Gasteiger partial charge in [0.05, 0.1) is 6.04 Å². The molecule has 0 aliphatic heterocycles. The van der Waals surface area contributed by atoms with Crippen LogP contribution in [0.15, 0.2) is 30.5 Å². The van der Waals surface area contributed by atoms with Crippen molar-refractivity contribution < 1.29 is 4.79 Å². The number of rotatable bonds is 5. The quantitative estimate of drug-likeness (QED) is 0.778. The Kier molecular flexibility index (Phi) is 3.26. The van der Waals surface area contributed by atoms with E-state index in [1.807, 2.05) is 24.4 Å². The number of para-hydroxylation sites is 1. The number of amides is 1. The Morgan fingerprint density at radius 3 is 2.95 bits per heavy atom. The molecule has 1 aromatic heterocycles. The number of aromatic nitrogens is 1. The first-order valence-electron chi connectivity index (χ1n) is 7.16. The molecule has 0 bridgehead atoms. The third-order valence-corrected chi connectivity index (χ3v) is 4.24. The highest BCUT2D eigenvalue weighted by Crippen LogP contribution is 2.44. The van der Waals surface area contributed by atoms with Crippen molar-refractivity contribution in [3.05, 3.63) is 36.0 Å². The molecule has 1 saturated carbocycles. The Hall–Kier alpha value is -1.81. The summed E-state index contributed by atoms with van der Waals surface area (Å²) < 4.78 is 0. The molecule has 4 N–H and O–H groups in total. The summed E-state index contributed by atoms with van der Waals surface area (Å²) in [4.78, 5) is 15.2. The number of nitrogens with one attached hydrogen (secondary N) is 2. The van der Waals surface area contributed by atoms with Crippen LogP contribution in [0.25, 0.3) is 10.9 Å². The fourth-order valence-corrected chi connectivity index (χ4v) is 2.45. The van der Waals surface area contributed by atoms with Crippen LogP contribution < -0.4 is 11.1 Å². The van der Waals surface area contributed by atoms with Gasteiger partial charge in [-0.25, -0.2) is 0 Å². The maximum absolute atomic E-state index is 12.0. The molecule has 3 rings (SSSR count). The number of H-pyrrole nitrogens is 1. The van der Waals surface area contributed by atoms with E-state index < -0.39 is 6.04 Å². The van der Waals surface area contributed by atoms with Gasteiger partial charge in [-0.05, 0) is 36.3 Å². The van der Waals surface area contributed by atoms with E-state index in [2.05, 4.69) is 23.3 Å². The number of fused-ring (bicyclic) bond motifs is 1. The van der Waals surface area contributed by atoms with E-state index in [0.29, 0.717) is 11.8 Å². The molecule has 0 saturated heterocycles. The highest BCUT2D eigenvalue weighted by Gasteiger charge is 2.37. The Morgan fingerprint density at radius 2 is 2.20 bits per heavy atom. The van der Waals surface area contributed by atoms with E-state index in [1.165, 1.54) is 12.8 Å². The first-order chi connectivity index (χ1) is 9.57. The lowest BCUT2D eigenvalue weighted by Gasteiger charge is -2.14.